The van der Waals surface area contributed by atoms with Gasteiger partial charge in [0, 0.05) is 27.8 Å². The number of nitrogens with zero attached hydrogens (tertiary/aromatic N) is 2. The average Bonchev–Trinajstić information content (AvgIpc) is 3.69. The predicted molar refractivity (Wildman–Crippen MR) is 264 cm³/mol. The van der Waals surface area contributed by atoms with Crippen molar-refractivity contribution in [2.75, 3.05) is 4.90 Å². The van der Waals surface area contributed by atoms with E-state index >= 15 is 0 Å². The van der Waals surface area contributed by atoms with Gasteiger partial charge in [0.25, 0.3) is 0 Å². The molecular formula is C60H38N2O. The van der Waals surface area contributed by atoms with Gasteiger partial charge in [-0.1, -0.05) is 152 Å². The summed E-state index contributed by atoms with van der Waals surface area (Å²) < 4.78 is 8.77. The zero-order chi connectivity index (χ0) is 41.4. The Labute approximate surface area is 364 Å². The lowest BCUT2D eigenvalue weighted by Crippen LogP contribution is -2.10. The molecular weight excluding hydrogens is 765 g/mol. The molecule has 3 heteroatoms. The third-order valence-corrected chi connectivity index (χ3v) is 12.9. The van der Waals surface area contributed by atoms with Crippen molar-refractivity contribution < 1.29 is 4.74 Å². The Hall–Kier alpha value is -8.40. The Morgan fingerprint density at radius 3 is 1.70 bits per heavy atom. The molecule has 1 aromatic heterocycles. The van der Waals surface area contributed by atoms with Crippen molar-refractivity contribution in [1.82, 2.24) is 4.57 Å². The summed E-state index contributed by atoms with van der Waals surface area (Å²) in [6, 6.07) is 83.7. The van der Waals surface area contributed by atoms with Gasteiger partial charge in [-0.2, -0.15) is 0 Å². The van der Waals surface area contributed by atoms with Crippen LogP contribution in [0.3, 0.4) is 0 Å². The Kier molecular flexibility index (Phi) is 7.91. The average molecular weight is 803 g/mol. The van der Waals surface area contributed by atoms with Gasteiger partial charge in [-0.15, -0.1) is 0 Å². The van der Waals surface area contributed by atoms with Crippen LogP contribution >= 0.6 is 0 Å². The van der Waals surface area contributed by atoms with Crippen LogP contribution < -0.4 is 9.64 Å². The van der Waals surface area contributed by atoms with Crippen molar-refractivity contribution in [2.24, 2.45) is 0 Å². The number of hydrogen-bond acceptors (Lipinski definition) is 2. The maximum Gasteiger partial charge on any atom is 0.152 e. The second-order valence-corrected chi connectivity index (χ2v) is 16.6. The first kappa shape index (κ1) is 35.4. The molecule has 12 aromatic rings. The summed E-state index contributed by atoms with van der Waals surface area (Å²) >= 11 is 0. The lowest BCUT2D eigenvalue weighted by molar-refractivity contribution is 0.476. The number of ether oxygens (including phenoxy) is 1. The van der Waals surface area contributed by atoms with Crippen LogP contribution in [0.4, 0.5) is 17.1 Å². The summed E-state index contributed by atoms with van der Waals surface area (Å²) in [5, 5.41) is 9.93. The number of fused-ring (bicyclic) bond motifs is 9. The molecule has 0 saturated carbocycles. The summed E-state index contributed by atoms with van der Waals surface area (Å²) in [5.41, 5.74) is 13.6. The molecule has 63 heavy (non-hydrogen) atoms. The highest BCUT2D eigenvalue weighted by molar-refractivity contribution is 6.13. The third kappa shape index (κ3) is 5.82. The molecule has 11 aromatic carbocycles. The number of rotatable bonds is 6. The molecule has 0 spiro atoms. The van der Waals surface area contributed by atoms with Crippen LogP contribution in [0.25, 0.3) is 93.2 Å². The fourth-order valence-corrected chi connectivity index (χ4v) is 9.86. The van der Waals surface area contributed by atoms with E-state index in [2.05, 4.69) is 228 Å². The monoisotopic (exact) mass is 802 g/mol. The smallest absolute Gasteiger partial charge is 0.152 e. The maximum atomic E-state index is 6.41. The van der Waals surface area contributed by atoms with E-state index in [1.165, 1.54) is 70.9 Å². The highest BCUT2D eigenvalue weighted by Crippen LogP contribution is 2.46. The van der Waals surface area contributed by atoms with Gasteiger partial charge >= 0.3 is 0 Å². The largest absolute Gasteiger partial charge is 0.453 e. The minimum atomic E-state index is 0.871. The van der Waals surface area contributed by atoms with Gasteiger partial charge in [-0.05, 0) is 145 Å². The topological polar surface area (TPSA) is 17.4 Å². The molecule has 0 atom stereocenters. The minimum absolute atomic E-state index is 0.871. The number of benzene rings is 11. The molecule has 0 aliphatic carbocycles. The second-order valence-electron chi connectivity index (χ2n) is 16.6. The van der Waals surface area contributed by atoms with Crippen LogP contribution in [-0.4, -0.2) is 4.57 Å². The molecule has 2 heterocycles. The zero-order valence-corrected chi connectivity index (χ0v) is 34.2. The van der Waals surface area contributed by atoms with Gasteiger partial charge in [0.2, 0.25) is 0 Å². The number of hydrogen-bond donors (Lipinski definition) is 0. The standard InChI is InChI=1S/C60H38N2O/c1-2-12-42-34-46(24-22-39(42)10-1)43-13-7-15-50(36-43)61(49-30-26-40(27-31-49)45-28-32-53-48(35-45)25-23-41-11-3-4-17-52(41)53)51-16-8-14-44(37-51)47-29-33-56-55(38-47)54-18-9-21-59-60(54)62(56)57-19-5-6-20-58(57)63-59/h1-38H. The molecule has 1 aliphatic rings. The predicted octanol–water partition coefficient (Wildman–Crippen LogP) is 16.8. The van der Waals surface area contributed by atoms with E-state index < -0.39 is 0 Å². The van der Waals surface area contributed by atoms with Gasteiger partial charge in [-0.3, -0.25) is 0 Å². The number of para-hydroxylation sites is 3. The van der Waals surface area contributed by atoms with Crippen molar-refractivity contribution in [3.8, 4) is 50.6 Å². The summed E-state index contributed by atoms with van der Waals surface area (Å²) in [5.74, 6) is 1.75. The van der Waals surface area contributed by atoms with Crippen LogP contribution in [0, 0.1) is 0 Å². The highest BCUT2D eigenvalue weighted by Gasteiger charge is 2.24. The van der Waals surface area contributed by atoms with E-state index in [0.717, 1.165) is 50.9 Å². The molecule has 0 radical (unpaired) electrons. The molecule has 3 nitrogen and oxygen atoms in total. The molecule has 0 saturated heterocycles. The molecule has 13 rings (SSSR count). The van der Waals surface area contributed by atoms with E-state index in [1.54, 1.807) is 0 Å². The molecule has 294 valence electrons. The van der Waals surface area contributed by atoms with E-state index in [-0.39, 0.29) is 0 Å². The molecule has 0 N–H and O–H groups in total. The Morgan fingerprint density at radius 1 is 0.302 bits per heavy atom. The number of aromatic nitrogens is 1. The third-order valence-electron chi connectivity index (χ3n) is 12.9. The summed E-state index contributed by atoms with van der Waals surface area (Å²) in [7, 11) is 0. The zero-order valence-electron chi connectivity index (χ0n) is 34.2. The molecule has 0 unspecified atom stereocenters. The quantitative estimate of drug-likeness (QED) is 0.156. The SMILES string of the molecule is c1cc(-c2ccc3ccccc3c2)cc(N(c2ccc(-c3ccc4c(ccc5ccccc54)c3)cc2)c2cccc(-c3ccc4c(c3)c3cccc5c3n4-c3ccccc3O5)c2)c1. The molecule has 0 amide bonds. The minimum Gasteiger partial charge on any atom is -0.453 e. The normalized spacial score (nSPS) is 11.9. The van der Waals surface area contributed by atoms with E-state index in [4.69, 9.17) is 4.74 Å². The first-order valence-electron chi connectivity index (χ1n) is 21.6. The lowest BCUT2D eigenvalue weighted by atomic mass is 9.97. The Balaban J connectivity index is 0.928. The maximum absolute atomic E-state index is 6.41. The van der Waals surface area contributed by atoms with Crippen LogP contribution in [0.15, 0.2) is 231 Å². The number of anilines is 3. The van der Waals surface area contributed by atoms with Gasteiger partial charge in [-0.25, -0.2) is 0 Å². The van der Waals surface area contributed by atoms with Crippen molar-refractivity contribution in [1.29, 1.82) is 0 Å². The summed E-state index contributed by atoms with van der Waals surface area (Å²) in [4.78, 5) is 2.39. The Morgan fingerprint density at radius 2 is 0.857 bits per heavy atom. The van der Waals surface area contributed by atoms with Crippen LogP contribution in [0.2, 0.25) is 0 Å². The van der Waals surface area contributed by atoms with Crippen molar-refractivity contribution in [3.05, 3.63) is 231 Å². The van der Waals surface area contributed by atoms with Crippen LogP contribution in [0.5, 0.6) is 11.5 Å². The van der Waals surface area contributed by atoms with Gasteiger partial charge in [0.05, 0.1) is 16.7 Å². The van der Waals surface area contributed by atoms with Gasteiger partial charge < -0.3 is 14.2 Å². The van der Waals surface area contributed by atoms with Crippen molar-refractivity contribution in [2.45, 2.75) is 0 Å². The van der Waals surface area contributed by atoms with Gasteiger partial charge in [0.1, 0.15) is 0 Å². The van der Waals surface area contributed by atoms with Gasteiger partial charge in [0.15, 0.2) is 11.5 Å². The molecule has 0 bridgehead atoms. The molecule has 0 fully saturated rings. The molecule has 1 aliphatic heterocycles. The van der Waals surface area contributed by atoms with E-state index in [1.807, 2.05) is 12.1 Å². The van der Waals surface area contributed by atoms with E-state index in [9.17, 15) is 0 Å². The first-order valence-corrected chi connectivity index (χ1v) is 21.6. The Bertz CT molecular complexity index is 3780. The van der Waals surface area contributed by atoms with Crippen molar-refractivity contribution >= 4 is 71.2 Å². The van der Waals surface area contributed by atoms with Crippen LogP contribution in [0.1, 0.15) is 0 Å². The summed E-state index contributed by atoms with van der Waals surface area (Å²) in [6.45, 7) is 0. The van der Waals surface area contributed by atoms with Crippen LogP contribution in [-0.2, 0) is 0 Å². The highest BCUT2D eigenvalue weighted by atomic mass is 16.5. The fourth-order valence-electron chi connectivity index (χ4n) is 9.86. The summed E-state index contributed by atoms with van der Waals surface area (Å²) in [6.07, 6.45) is 0. The van der Waals surface area contributed by atoms with E-state index in [0.29, 0.717) is 0 Å². The van der Waals surface area contributed by atoms with Crippen molar-refractivity contribution in [3.63, 3.8) is 0 Å². The second kappa shape index (κ2) is 14.1. The lowest BCUT2D eigenvalue weighted by Gasteiger charge is -2.27. The fraction of sp³-hybridized carbons (Fsp3) is 0. The first-order chi connectivity index (χ1) is 31.2.